The lowest BCUT2D eigenvalue weighted by atomic mass is 10.1. The van der Waals surface area contributed by atoms with E-state index < -0.39 is 0 Å². The third-order valence-electron chi connectivity index (χ3n) is 2.57. The molecule has 0 radical (unpaired) electrons. The van der Waals surface area contributed by atoms with Crippen LogP contribution in [0.25, 0.3) is 0 Å². The maximum atomic E-state index is 11.4. The zero-order chi connectivity index (χ0) is 9.84. The second-order valence-corrected chi connectivity index (χ2v) is 4.29. The molecule has 76 valence electrons. The van der Waals surface area contributed by atoms with Crippen molar-refractivity contribution in [3.8, 4) is 0 Å². The molecule has 3 heteroatoms. The topological polar surface area (TPSA) is 55.1 Å². The van der Waals surface area contributed by atoms with Crippen LogP contribution < -0.4 is 11.1 Å². The van der Waals surface area contributed by atoms with Crippen LogP contribution in [0, 0.1) is 11.8 Å². The first-order chi connectivity index (χ1) is 6.11. The summed E-state index contributed by atoms with van der Waals surface area (Å²) in [5.41, 5.74) is 5.68. The Labute approximate surface area is 80.1 Å². The van der Waals surface area contributed by atoms with E-state index in [-0.39, 0.29) is 17.9 Å². The number of rotatable bonds is 5. The number of nitrogens with one attached hydrogen (secondary N) is 1. The molecule has 1 amide bonds. The fourth-order valence-corrected chi connectivity index (χ4v) is 1.23. The minimum absolute atomic E-state index is 0.00403. The Hall–Kier alpha value is -0.570. The molecule has 1 rings (SSSR count). The second kappa shape index (κ2) is 4.61. The molecule has 1 aliphatic carbocycles. The Morgan fingerprint density at radius 1 is 1.54 bits per heavy atom. The number of nitrogens with two attached hydrogens (primary N) is 1. The molecule has 1 aliphatic rings. The van der Waals surface area contributed by atoms with Crippen molar-refractivity contribution in [2.45, 2.75) is 39.2 Å². The summed E-state index contributed by atoms with van der Waals surface area (Å²) in [7, 11) is 0. The van der Waals surface area contributed by atoms with E-state index in [4.69, 9.17) is 5.73 Å². The van der Waals surface area contributed by atoms with Gasteiger partial charge < -0.3 is 11.1 Å². The van der Waals surface area contributed by atoms with Gasteiger partial charge in [0.25, 0.3) is 0 Å². The van der Waals surface area contributed by atoms with Crippen LogP contribution in [0.1, 0.15) is 33.1 Å². The molecule has 0 aliphatic heterocycles. The summed E-state index contributed by atoms with van der Waals surface area (Å²) >= 11 is 0. The predicted molar refractivity (Wildman–Crippen MR) is 53.2 cm³/mol. The van der Waals surface area contributed by atoms with Crippen LogP contribution in [0.3, 0.4) is 0 Å². The van der Waals surface area contributed by atoms with Crippen molar-refractivity contribution >= 4 is 5.91 Å². The van der Waals surface area contributed by atoms with Gasteiger partial charge in [-0.25, -0.2) is 0 Å². The highest BCUT2D eigenvalue weighted by Gasteiger charge is 2.22. The van der Waals surface area contributed by atoms with Crippen molar-refractivity contribution in [1.82, 2.24) is 5.32 Å². The molecule has 0 bridgehead atoms. The Morgan fingerprint density at radius 3 is 2.62 bits per heavy atom. The van der Waals surface area contributed by atoms with E-state index in [1.165, 1.54) is 12.8 Å². The number of amides is 1. The monoisotopic (exact) mass is 184 g/mol. The molecule has 0 aromatic carbocycles. The van der Waals surface area contributed by atoms with Gasteiger partial charge >= 0.3 is 0 Å². The fourth-order valence-electron chi connectivity index (χ4n) is 1.23. The highest BCUT2D eigenvalue weighted by Crippen LogP contribution is 2.31. The standard InChI is InChI=1S/C10H20N2O/c1-7(2)9(11)10(13)12-6-5-8-3-4-8/h7-9H,3-6,11H2,1-2H3,(H,12,13)/t9-/m0/s1. The van der Waals surface area contributed by atoms with Gasteiger partial charge in [0, 0.05) is 6.54 Å². The molecule has 0 spiro atoms. The van der Waals surface area contributed by atoms with E-state index in [9.17, 15) is 4.79 Å². The summed E-state index contributed by atoms with van der Waals surface area (Å²) in [4.78, 5) is 11.4. The molecule has 1 fully saturated rings. The highest BCUT2D eigenvalue weighted by atomic mass is 16.2. The van der Waals surface area contributed by atoms with E-state index in [1.54, 1.807) is 0 Å². The van der Waals surface area contributed by atoms with Crippen molar-refractivity contribution < 1.29 is 4.79 Å². The van der Waals surface area contributed by atoms with E-state index in [1.807, 2.05) is 13.8 Å². The van der Waals surface area contributed by atoms with Gasteiger partial charge in [0.05, 0.1) is 6.04 Å². The summed E-state index contributed by atoms with van der Waals surface area (Å²) < 4.78 is 0. The van der Waals surface area contributed by atoms with E-state index >= 15 is 0 Å². The fraction of sp³-hybridized carbons (Fsp3) is 0.900. The normalized spacial score (nSPS) is 18.8. The molecule has 3 N–H and O–H groups in total. The molecule has 0 saturated heterocycles. The Kier molecular flexibility index (Phi) is 3.72. The molecule has 3 nitrogen and oxygen atoms in total. The van der Waals surface area contributed by atoms with Gasteiger partial charge in [-0.1, -0.05) is 26.7 Å². The lowest BCUT2D eigenvalue weighted by molar-refractivity contribution is -0.123. The van der Waals surface area contributed by atoms with E-state index in [0.29, 0.717) is 0 Å². The Balaban J connectivity index is 2.08. The summed E-state index contributed by atoms with van der Waals surface area (Å²) in [6.07, 6.45) is 3.80. The lowest BCUT2D eigenvalue weighted by Crippen LogP contribution is -2.44. The SMILES string of the molecule is CC(C)[C@H](N)C(=O)NCCC1CC1. The Bertz CT molecular complexity index is 176. The number of carbonyl (C=O) groups excluding carboxylic acids is 1. The first-order valence-electron chi connectivity index (χ1n) is 5.14. The molecule has 0 aromatic rings. The van der Waals surface area contributed by atoms with Crippen LogP contribution in [0.15, 0.2) is 0 Å². The zero-order valence-electron chi connectivity index (χ0n) is 8.55. The molecule has 0 unspecified atom stereocenters. The van der Waals surface area contributed by atoms with Crippen LogP contribution in [0.5, 0.6) is 0 Å². The van der Waals surface area contributed by atoms with Crippen LogP contribution in [0.4, 0.5) is 0 Å². The average molecular weight is 184 g/mol. The van der Waals surface area contributed by atoms with E-state index in [2.05, 4.69) is 5.32 Å². The van der Waals surface area contributed by atoms with Crippen LogP contribution in [0.2, 0.25) is 0 Å². The van der Waals surface area contributed by atoms with Gasteiger partial charge in [0.15, 0.2) is 0 Å². The Morgan fingerprint density at radius 2 is 2.15 bits per heavy atom. The second-order valence-electron chi connectivity index (χ2n) is 4.29. The lowest BCUT2D eigenvalue weighted by Gasteiger charge is -2.14. The first-order valence-corrected chi connectivity index (χ1v) is 5.14. The summed E-state index contributed by atoms with van der Waals surface area (Å²) in [6.45, 7) is 4.72. The van der Waals surface area contributed by atoms with Crippen molar-refractivity contribution in [1.29, 1.82) is 0 Å². The minimum atomic E-state index is -0.348. The van der Waals surface area contributed by atoms with Gasteiger partial charge in [-0.05, 0) is 18.3 Å². The largest absolute Gasteiger partial charge is 0.355 e. The maximum Gasteiger partial charge on any atom is 0.237 e. The summed E-state index contributed by atoms with van der Waals surface area (Å²) in [5, 5.41) is 2.87. The molecule has 13 heavy (non-hydrogen) atoms. The zero-order valence-corrected chi connectivity index (χ0v) is 8.55. The van der Waals surface area contributed by atoms with Gasteiger partial charge in [-0.15, -0.1) is 0 Å². The number of hydrogen-bond acceptors (Lipinski definition) is 2. The first kappa shape index (κ1) is 10.5. The van der Waals surface area contributed by atoms with Crippen LogP contribution in [-0.4, -0.2) is 18.5 Å². The summed E-state index contributed by atoms with van der Waals surface area (Å²) in [6, 6.07) is -0.348. The van der Waals surface area contributed by atoms with Crippen LogP contribution in [-0.2, 0) is 4.79 Å². The van der Waals surface area contributed by atoms with Crippen molar-refractivity contribution in [2.24, 2.45) is 17.6 Å². The van der Waals surface area contributed by atoms with Crippen molar-refractivity contribution in [3.63, 3.8) is 0 Å². The molecular weight excluding hydrogens is 164 g/mol. The molecule has 0 aromatic heterocycles. The highest BCUT2D eigenvalue weighted by molar-refractivity contribution is 5.81. The van der Waals surface area contributed by atoms with Crippen molar-refractivity contribution in [2.75, 3.05) is 6.54 Å². The molecule has 0 heterocycles. The van der Waals surface area contributed by atoms with Gasteiger partial charge in [0.2, 0.25) is 5.91 Å². The van der Waals surface area contributed by atoms with Gasteiger partial charge in [-0.3, -0.25) is 4.79 Å². The predicted octanol–water partition coefficient (Wildman–Crippen LogP) is 0.886. The van der Waals surface area contributed by atoms with Crippen molar-refractivity contribution in [3.05, 3.63) is 0 Å². The smallest absolute Gasteiger partial charge is 0.237 e. The minimum Gasteiger partial charge on any atom is -0.355 e. The number of hydrogen-bond donors (Lipinski definition) is 2. The molecular formula is C10H20N2O. The third kappa shape index (κ3) is 3.77. The quantitative estimate of drug-likeness (QED) is 0.666. The molecule has 1 saturated carbocycles. The third-order valence-corrected chi connectivity index (χ3v) is 2.57. The number of carbonyl (C=O) groups is 1. The maximum absolute atomic E-state index is 11.4. The average Bonchev–Trinajstić information content (AvgIpc) is 2.86. The van der Waals surface area contributed by atoms with Gasteiger partial charge in [0.1, 0.15) is 0 Å². The van der Waals surface area contributed by atoms with E-state index in [0.717, 1.165) is 18.9 Å². The summed E-state index contributed by atoms with van der Waals surface area (Å²) in [5.74, 6) is 1.09. The van der Waals surface area contributed by atoms with Crippen LogP contribution >= 0.6 is 0 Å². The molecule has 1 atom stereocenters. The van der Waals surface area contributed by atoms with Gasteiger partial charge in [-0.2, -0.15) is 0 Å².